The first-order valence-corrected chi connectivity index (χ1v) is 6.20. The second-order valence-electron chi connectivity index (χ2n) is 4.99. The fourth-order valence-corrected chi connectivity index (χ4v) is 2.33. The van der Waals surface area contributed by atoms with Crippen LogP contribution in [0.15, 0.2) is 11.6 Å². The maximum atomic E-state index is 9.84. The third-order valence-corrected chi connectivity index (χ3v) is 3.49. The highest BCUT2D eigenvalue weighted by molar-refractivity contribution is 5.06. The van der Waals surface area contributed by atoms with E-state index in [4.69, 9.17) is 0 Å². The van der Waals surface area contributed by atoms with Crippen molar-refractivity contribution in [3.8, 4) is 0 Å². The van der Waals surface area contributed by atoms with E-state index >= 15 is 0 Å². The van der Waals surface area contributed by atoms with E-state index in [0.29, 0.717) is 0 Å². The number of hydrogen-bond donors (Lipinski definition) is 1. The molecule has 1 nitrogen and oxygen atoms in total. The number of allylic oxidation sites excluding steroid dienone is 1. The first-order valence-electron chi connectivity index (χ1n) is 6.20. The molecule has 1 unspecified atom stereocenters. The van der Waals surface area contributed by atoms with E-state index < -0.39 is 0 Å². The predicted molar refractivity (Wildman–Crippen MR) is 59.1 cm³/mol. The molecule has 2 aliphatic rings. The molecular formula is C13H22O. The van der Waals surface area contributed by atoms with Gasteiger partial charge in [-0.25, -0.2) is 0 Å². The van der Waals surface area contributed by atoms with Crippen molar-refractivity contribution in [1.29, 1.82) is 0 Å². The molecule has 1 N–H and O–H groups in total. The summed E-state index contributed by atoms with van der Waals surface area (Å²) >= 11 is 0. The largest absolute Gasteiger partial charge is 0.393 e. The third-order valence-electron chi connectivity index (χ3n) is 3.49. The zero-order chi connectivity index (χ0) is 9.80. The van der Waals surface area contributed by atoms with Crippen LogP contribution in [-0.4, -0.2) is 11.2 Å². The molecule has 0 amide bonds. The van der Waals surface area contributed by atoms with E-state index in [9.17, 15) is 5.11 Å². The lowest BCUT2D eigenvalue weighted by Crippen LogP contribution is -2.09. The van der Waals surface area contributed by atoms with Crippen LogP contribution in [0.3, 0.4) is 0 Å². The van der Waals surface area contributed by atoms with Gasteiger partial charge in [0.2, 0.25) is 0 Å². The molecule has 0 spiro atoms. The van der Waals surface area contributed by atoms with Crippen molar-refractivity contribution < 1.29 is 5.11 Å². The minimum atomic E-state index is -0.0556. The molecule has 0 aliphatic heterocycles. The first kappa shape index (κ1) is 10.2. The van der Waals surface area contributed by atoms with Crippen LogP contribution in [0, 0.1) is 5.92 Å². The van der Waals surface area contributed by atoms with Gasteiger partial charge in [-0.1, -0.05) is 24.5 Å². The zero-order valence-corrected chi connectivity index (χ0v) is 9.04. The molecule has 2 aliphatic carbocycles. The Balaban J connectivity index is 1.64. The molecule has 0 bridgehead atoms. The summed E-state index contributed by atoms with van der Waals surface area (Å²) in [6.45, 7) is 0. The summed E-state index contributed by atoms with van der Waals surface area (Å²) in [5.41, 5.74) is 1.51. The standard InChI is InChI=1S/C13H22O/c14-13(9-8-11-6-7-11)10-12-4-2-1-3-5-12/h4,11,13-14H,1-3,5-10H2. The van der Waals surface area contributed by atoms with Crippen molar-refractivity contribution in [2.45, 2.75) is 63.9 Å². The molecule has 1 saturated carbocycles. The molecule has 1 fully saturated rings. The topological polar surface area (TPSA) is 20.2 Å². The molecule has 1 atom stereocenters. The van der Waals surface area contributed by atoms with Crippen LogP contribution >= 0.6 is 0 Å². The van der Waals surface area contributed by atoms with Crippen molar-refractivity contribution in [2.75, 3.05) is 0 Å². The second kappa shape index (κ2) is 4.97. The summed E-state index contributed by atoms with van der Waals surface area (Å²) in [5, 5.41) is 9.84. The molecule has 0 aromatic rings. The minimum Gasteiger partial charge on any atom is -0.393 e. The molecule has 0 aromatic carbocycles. The summed E-state index contributed by atoms with van der Waals surface area (Å²) in [5.74, 6) is 0.963. The highest BCUT2D eigenvalue weighted by Crippen LogP contribution is 2.34. The maximum absolute atomic E-state index is 9.84. The highest BCUT2D eigenvalue weighted by Gasteiger charge is 2.22. The van der Waals surface area contributed by atoms with Gasteiger partial charge in [-0.3, -0.25) is 0 Å². The number of aliphatic hydroxyl groups excluding tert-OH is 1. The first-order chi connectivity index (χ1) is 6.84. The van der Waals surface area contributed by atoms with Gasteiger partial charge in [0.05, 0.1) is 6.10 Å². The van der Waals surface area contributed by atoms with Gasteiger partial charge in [-0.2, -0.15) is 0 Å². The Morgan fingerprint density at radius 3 is 2.86 bits per heavy atom. The lowest BCUT2D eigenvalue weighted by molar-refractivity contribution is 0.158. The number of hydrogen-bond acceptors (Lipinski definition) is 1. The van der Waals surface area contributed by atoms with Crippen molar-refractivity contribution >= 4 is 0 Å². The van der Waals surface area contributed by atoms with Crippen LogP contribution in [0.25, 0.3) is 0 Å². The highest BCUT2D eigenvalue weighted by atomic mass is 16.3. The Morgan fingerprint density at radius 2 is 2.21 bits per heavy atom. The Bertz CT molecular complexity index is 203. The van der Waals surface area contributed by atoms with Crippen molar-refractivity contribution in [3.05, 3.63) is 11.6 Å². The van der Waals surface area contributed by atoms with Crippen LogP contribution < -0.4 is 0 Å². The average Bonchev–Trinajstić information content (AvgIpc) is 3.00. The Morgan fingerprint density at radius 1 is 1.36 bits per heavy atom. The van der Waals surface area contributed by atoms with E-state index in [1.165, 1.54) is 50.5 Å². The van der Waals surface area contributed by atoms with Gasteiger partial charge in [0.15, 0.2) is 0 Å². The van der Waals surface area contributed by atoms with E-state index in [2.05, 4.69) is 6.08 Å². The van der Waals surface area contributed by atoms with Gasteiger partial charge in [-0.05, 0) is 50.9 Å². The van der Waals surface area contributed by atoms with E-state index in [-0.39, 0.29) is 6.10 Å². The third kappa shape index (κ3) is 3.45. The van der Waals surface area contributed by atoms with E-state index in [0.717, 1.165) is 18.8 Å². The molecule has 0 aromatic heterocycles. The van der Waals surface area contributed by atoms with Crippen molar-refractivity contribution in [3.63, 3.8) is 0 Å². The molecule has 14 heavy (non-hydrogen) atoms. The van der Waals surface area contributed by atoms with Gasteiger partial charge >= 0.3 is 0 Å². The lowest BCUT2D eigenvalue weighted by Gasteiger charge is -2.16. The molecule has 1 heteroatoms. The summed E-state index contributed by atoms with van der Waals surface area (Å²) in [6, 6.07) is 0. The molecule has 0 heterocycles. The van der Waals surface area contributed by atoms with Crippen LogP contribution in [0.1, 0.15) is 57.8 Å². The second-order valence-corrected chi connectivity index (χ2v) is 4.99. The summed E-state index contributed by atoms with van der Waals surface area (Å²) in [6.07, 6.45) is 13.5. The van der Waals surface area contributed by atoms with Crippen LogP contribution in [0.5, 0.6) is 0 Å². The summed E-state index contributed by atoms with van der Waals surface area (Å²) < 4.78 is 0. The van der Waals surface area contributed by atoms with Crippen LogP contribution in [0.4, 0.5) is 0 Å². The molecule has 0 radical (unpaired) electrons. The monoisotopic (exact) mass is 194 g/mol. The Hall–Kier alpha value is -0.300. The average molecular weight is 194 g/mol. The Labute approximate surface area is 87.2 Å². The quantitative estimate of drug-likeness (QED) is 0.665. The molecular weight excluding hydrogens is 172 g/mol. The van der Waals surface area contributed by atoms with Gasteiger partial charge in [0.1, 0.15) is 0 Å². The van der Waals surface area contributed by atoms with Gasteiger partial charge < -0.3 is 5.11 Å². The van der Waals surface area contributed by atoms with Gasteiger partial charge in [0, 0.05) is 0 Å². The van der Waals surface area contributed by atoms with E-state index in [1.54, 1.807) is 0 Å². The van der Waals surface area contributed by atoms with Crippen molar-refractivity contribution in [2.24, 2.45) is 5.92 Å². The summed E-state index contributed by atoms with van der Waals surface area (Å²) in [4.78, 5) is 0. The number of rotatable bonds is 5. The Kier molecular flexibility index (Phi) is 3.63. The fraction of sp³-hybridized carbons (Fsp3) is 0.846. The normalized spacial score (nSPS) is 24.5. The molecule has 0 saturated heterocycles. The number of aliphatic hydroxyl groups is 1. The van der Waals surface area contributed by atoms with Gasteiger partial charge in [-0.15, -0.1) is 0 Å². The molecule has 80 valence electrons. The lowest BCUT2D eigenvalue weighted by atomic mass is 9.93. The minimum absolute atomic E-state index is 0.0556. The smallest absolute Gasteiger partial charge is 0.0577 e. The van der Waals surface area contributed by atoms with Crippen LogP contribution in [0.2, 0.25) is 0 Å². The summed E-state index contributed by atoms with van der Waals surface area (Å²) in [7, 11) is 0. The zero-order valence-electron chi connectivity index (χ0n) is 9.04. The maximum Gasteiger partial charge on any atom is 0.0577 e. The predicted octanol–water partition coefficient (Wildman–Crippen LogP) is 3.43. The van der Waals surface area contributed by atoms with Crippen molar-refractivity contribution in [1.82, 2.24) is 0 Å². The SMILES string of the molecule is OC(CCC1CC1)CC1=CCCCC1. The van der Waals surface area contributed by atoms with E-state index in [1.807, 2.05) is 0 Å². The van der Waals surface area contributed by atoms with Gasteiger partial charge in [0.25, 0.3) is 0 Å². The fourth-order valence-electron chi connectivity index (χ4n) is 2.33. The van der Waals surface area contributed by atoms with Crippen LogP contribution in [-0.2, 0) is 0 Å². The molecule has 2 rings (SSSR count).